The lowest BCUT2D eigenvalue weighted by molar-refractivity contribution is -0.171. The van der Waals surface area contributed by atoms with Crippen LogP contribution in [0, 0.1) is 28.6 Å². The fourth-order valence-corrected chi connectivity index (χ4v) is 9.33. The molecule has 242 valence electrons. The number of amides is 2. The molecule has 45 heavy (non-hydrogen) atoms. The Morgan fingerprint density at radius 3 is 2.69 bits per heavy atom. The number of nitrogens with zero attached hydrogens (tertiary/aromatic N) is 3. The van der Waals surface area contributed by atoms with Crippen LogP contribution in [-0.4, -0.2) is 69.5 Å². The lowest BCUT2D eigenvalue weighted by Crippen LogP contribution is -2.56. The summed E-state index contributed by atoms with van der Waals surface area (Å²) in [7, 11) is 1.53. The molecule has 3 heterocycles. The van der Waals surface area contributed by atoms with Gasteiger partial charge in [-0.15, -0.1) is 0 Å². The summed E-state index contributed by atoms with van der Waals surface area (Å²) >= 11 is 5.86. The van der Waals surface area contributed by atoms with E-state index in [1.165, 1.54) is 7.11 Å². The third-order valence-corrected chi connectivity index (χ3v) is 12.3. The van der Waals surface area contributed by atoms with Crippen molar-refractivity contribution in [2.24, 2.45) is 17.3 Å². The average Bonchev–Trinajstić information content (AvgIpc) is 3.40. The second-order valence-corrected chi connectivity index (χ2v) is 15.4. The highest BCUT2D eigenvalue weighted by Crippen LogP contribution is 2.46. The van der Waals surface area contributed by atoms with Crippen LogP contribution in [-0.2, 0) is 25.7 Å². The number of esters is 1. The first-order valence-corrected chi connectivity index (χ1v) is 17.5. The Labute approximate surface area is 274 Å². The maximum absolute atomic E-state index is 14.5. The van der Waals surface area contributed by atoms with E-state index < -0.39 is 75.0 Å². The fraction of sp³-hybridized carbons (Fsp3) is 0.531. The van der Waals surface area contributed by atoms with Crippen molar-refractivity contribution in [3.05, 3.63) is 50.6 Å². The number of para-hydroxylation sites is 1. The summed E-state index contributed by atoms with van der Waals surface area (Å²) in [6, 6.07) is 8.48. The Bertz CT molecular complexity index is 1520. The van der Waals surface area contributed by atoms with Gasteiger partial charge in [0.2, 0.25) is 11.8 Å². The second-order valence-electron chi connectivity index (χ2n) is 12.0. The molecule has 2 unspecified atom stereocenters. The molecule has 5 rings (SSSR count). The maximum atomic E-state index is 14.5. The lowest BCUT2D eigenvalue weighted by Gasteiger charge is -2.46. The zero-order valence-electron chi connectivity index (χ0n) is 25.0. The minimum absolute atomic E-state index is 0.0346. The third-order valence-electron chi connectivity index (χ3n) is 9.41. The molecule has 0 bridgehead atoms. The van der Waals surface area contributed by atoms with E-state index in [1.807, 2.05) is 12.1 Å². The molecule has 1 saturated heterocycles. The number of carbonyl (C=O) groups excluding carboxylic acids is 3. The largest absolute Gasteiger partial charge is 0.496 e. The number of ether oxygens (including phenoxy) is 2. The number of carbonyl (C=O) groups is 3. The van der Waals surface area contributed by atoms with Gasteiger partial charge >= 0.3 is 12.1 Å². The van der Waals surface area contributed by atoms with Gasteiger partial charge < -0.3 is 19.3 Å². The number of hydrogen-bond acceptors (Lipinski definition) is 6. The zero-order chi connectivity index (χ0) is 32.5. The smallest absolute Gasteiger partial charge is 0.394 e. The summed E-state index contributed by atoms with van der Waals surface area (Å²) in [5, 5.41) is 10.0. The number of hydrogen-bond donors (Lipinski definition) is 0. The number of alkyl halides is 3. The molecule has 0 N–H and O–H groups in total. The lowest BCUT2D eigenvalue weighted by atomic mass is 9.66. The van der Waals surface area contributed by atoms with Gasteiger partial charge in [-0.3, -0.25) is 14.4 Å². The average molecular weight is 760 g/mol. The van der Waals surface area contributed by atoms with Crippen LogP contribution in [0.3, 0.4) is 0 Å². The molecule has 1 aliphatic carbocycles. The van der Waals surface area contributed by atoms with E-state index in [0.717, 1.165) is 16.9 Å². The van der Waals surface area contributed by atoms with E-state index >= 15 is 0 Å². The monoisotopic (exact) mass is 759 g/mol. The van der Waals surface area contributed by atoms with Gasteiger partial charge in [-0.25, -0.2) is 0 Å². The van der Waals surface area contributed by atoms with Crippen molar-refractivity contribution >= 4 is 53.1 Å². The Kier molecular flexibility index (Phi) is 9.99. The molecule has 2 fully saturated rings. The third kappa shape index (κ3) is 6.66. The van der Waals surface area contributed by atoms with Gasteiger partial charge in [0.25, 0.3) is 0 Å². The van der Waals surface area contributed by atoms with Crippen molar-refractivity contribution < 1.29 is 37.0 Å². The summed E-state index contributed by atoms with van der Waals surface area (Å²) in [5.41, 5.74) is 1.10. The number of halogens is 5. The maximum Gasteiger partial charge on any atom is 0.394 e. The number of methoxy groups -OCH3 is 1. The highest BCUT2D eigenvalue weighted by atomic mass is 127. The number of nitriles is 1. The van der Waals surface area contributed by atoms with Crippen LogP contribution in [0.1, 0.15) is 51.0 Å². The molecule has 2 amide bonds. The zero-order valence-corrected chi connectivity index (χ0v) is 27.9. The molecule has 1 aromatic rings. The first-order valence-electron chi connectivity index (χ1n) is 14.8. The van der Waals surface area contributed by atoms with Gasteiger partial charge in [0.1, 0.15) is 12.4 Å². The normalized spacial score (nSPS) is 27.1. The van der Waals surface area contributed by atoms with E-state index in [4.69, 9.17) is 21.1 Å². The number of likely N-dealkylation sites (tertiary alicyclic amines) is 1. The van der Waals surface area contributed by atoms with Crippen LogP contribution in [0.2, 0.25) is 0 Å². The topological polar surface area (TPSA) is 99.9 Å². The molecule has 0 radical (unpaired) electrons. The van der Waals surface area contributed by atoms with Crippen molar-refractivity contribution in [2.45, 2.75) is 64.3 Å². The molecule has 4 aliphatic rings. The standard InChI is InChI=1S/C32H34ClF3IN3O5/c1-31(30(43)45-18-19-7-3-4-9-25(19)44-2)11-6-5-8-23(31)29(42)40-12-10-22-27(20(15-38)14-37-28(22)33)24(40)17-39-16-21(13-26(39)41)32(34,35)36/h3-4,7,9,14,21,23-24H,5-6,8,10-13,16-18H2,1-2H3/t21?,23-,24?,31-/m0/s1. The molecular formula is C32H34ClF3IN3O5. The summed E-state index contributed by atoms with van der Waals surface area (Å²) in [4.78, 5) is 43.8. The van der Waals surface area contributed by atoms with Gasteiger partial charge in [-0.05, 0) is 47.5 Å². The highest BCUT2D eigenvalue weighted by Gasteiger charge is 2.52. The van der Waals surface area contributed by atoms with Crippen molar-refractivity contribution in [3.63, 3.8) is 0 Å². The van der Waals surface area contributed by atoms with Gasteiger partial charge in [0.05, 0.1) is 45.0 Å². The summed E-state index contributed by atoms with van der Waals surface area (Å²) in [6.07, 6.45) is -2.54. The van der Waals surface area contributed by atoms with E-state index in [9.17, 15) is 32.8 Å². The molecular weight excluding hydrogens is 726 g/mol. The Balaban J connectivity index is 1.45. The SMILES string of the molecule is COc1ccccc1COC(=O)[C@@]1(C)CCCC[C@H]1C(=O)N1CCC2=C(C(C#N)=CI=C2Cl)C1CN1CC(C(F)(F)F)CC1=O. The van der Waals surface area contributed by atoms with Crippen molar-refractivity contribution in [2.75, 3.05) is 26.7 Å². The molecule has 13 heteroatoms. The van der Waals surface area contributed by atoms with Crippen LogP contribution < -0.4 is 4.74 Å². The van der Waals surface area contributed by atoms with E-state index in [0.29, 0.717) is 51.1 Å². The minimum Gasteiger partial charge on any atom is -0.496 e. The van der Waals surface area contributed by atoms with Gasteiger partial charge in [0, 0.05) is 31.6 Å². The van der Waals surface area contributed by atoms with Gasteiger partial charge in [-0.1, -0.05) is 63.4 Å². The van der Waals surface area contributed by atoms with Crippen molar-refractivity contribution in [1.29, 1.82) is 5.26 Å². The first kappa shape index (κ1) is 33.4. The van der Waals surface area contributed by atoms with Gasteiger partial charge in [-0.2, -0.15) is 18.4 Å². The summed E-state index contributed by atoms with van der Waals surface area (Å²) in [6.45, 7) is 1.19. The summed E-state index contributed by atoms with van der Waals surface area (Å²) in [5.74, 6) is -3.49. The predicted molar refractivity (Wildman–Crippen MR) is 169 cm³/mol. The number of benzene rings is 1. The van der Waals surface area contributed by atoms with Crippen LogP contribution in [0.5, 0.6) is 5.75 Å². The van der Waals surface area contributed by atoms with E-state index in [1.54, 1.807) is 28.0 Å². The molecule has 0 spiro atoms. The highest BCUT2D eigenvalue weighted by molar-refractivity contribution is 14.2. The fourth-order valence-electron chi connectivity index (χ4n) is 6.86. The molecule has 0 aromatic heterocycles. The van der Waals surface area contributed by atoms with Crippen molar-refractivity contribution in [3.8, 4) is 11.8 Å². The van der Waals surface area contributed by atoms with Crippen LogP contribution >= 0.6 is 32.3 Å². The Morgan fingerprint density at radius 1 is 1.24 bits per heavy atom. The van der Waals surface area contributed by atoms with Crippen LogP contribution in [0.15, 0.2) is 45.1 Å². The first-order chi connectivity index (χ1) is 21.4. The Morgan fingerprint density at radius 2 is 2.00 bits per heavy atom. The molecule has 8 nitrogen and oxygen atoms in total. The minimum atomic E-state index is -4.53. The van der Waals surface area contributed by atoms with Crippen LogP contribution in [0.25, 0.3) is 0 Å². The summed E-state index contributed by atoms with van der Waals surface area (Å²) < 4.78 is 54.2. The van der Waals surface area contributed by atoms with E-state index in [-0.39, 0.29) is 25.6 Å². The second kappa shape index (κ2) is 13.4. The molecule has 1 aromatic carbocycles. The number of rotatable bonds is 7. The van der Waals surface area contributed by atoms with Crippen LogP contribution in [0.4, 0.5) is 13.2 Å². The quantitative estimate of drug-likeness (QED) is 0.250. The van der Waals surface area contributed by atoms with Gasteiger partial charge in [0.15, 0.2) is 0 Å². The van der Waals surface area contributed by atoms with E-state index in [2.05, 4.69) is 6.07 Å². The molecule has 3 aliphatic heterocycles. The Hall–Kier alpha value is -2.92. The predicted octanol–water partition coefficient (Wildman–Crippen LogP) is 6.00. The molecule has 4 atom stereocenters. The molecule has 1 saturated carbocycles. The van der Waals surface area contributed by atoms with Crippen molar-refractivity contribution in [1.82, 2.24) is 9.80 Å².